The number of hydrogen-bond acceptors (Lipinski definition) is 6. The summed E-state index contributed by atoms with van der Waals surface area (Å²) in [5.74, 6) is 1.90. The molecule has 0 aromatic heterocycles. The molecule has 3 fully saturated rings. The monoisotopic (exact) mass is 460 g/mol. The first-order valence-electron chi connectivity index (χ1n) is 12.5. The maximum atomic E-state index is 13.1. The van der Waals surface area contributed by atoms with Gasteiger partial charge in [-0.3, -0.25) is 9.69 Å². The SMILES string of the molecule is COc1cc([C@H]2[C@@H]3CCCC[C@]3(O)CCN2CC(=O)NC2CCCCC2)cc(OC)c1OC. The van der Waals surface area contributed by atoms with Gasteiger partial charge in [0.05, 0.1) is 33.5 Å². The molecule has 3 atom stereocenters. The summed E-state index contributed by atoms with van der Waals surface area (Å²) in [6.45, 7) is 1.02. The van der Waals surface area contributed by atoms with Crippen LogP contribution in [0.3, 0.4) is 0 Å². The number of nitrogens with one attached hydrogen (secondary N) is 1. The van der Waals surface area contributed by atoms with Crippen LogP contribution in [-0.2, 0) is 4.79 Å². The van der Waals surface area contributed by atoms with E-state index in [0.717, 1.165) is 44.1 Å². The van der Waals surface area contributed by atoms with E-state index >= 15 is 0 Å². The molecule has 33 heavy (non-hydrogen) atoms. The van der Waals surface area contributed by atoms with E-state index in [0.29, 0.717) is 42.8 Å². The molecule has 2 N–H and O–H groups in total. The molecule has 0 spiro atoms. The maximum Gasteiger partial charge on any atom is 0.234 e. The fourth-order valence-electron chi connectivity index (χ4n) is 6.34. The number of methoxy groups -OCH3 is 3. The van der Waals surface area contributed by atoms with Gasteiger partial charge in [0.1, 0.15) is 0 Å². The Kier molecular flexibility index (Phi) is 7.69. The first-order chi connectivity index (χ1) is 16.0. The van der Waals surface area contributed by atoms with Crippen molar-refractivity contribution in [3.63, 3.8) is 0 Å². The van der Waals surface area contributed by atoms with Crippen molar-refractivity contribution in [3.8, 4) is 17.2 Å². The molecule has 1 heterocycles. The summed E-state index contributed by atoms with van der Waals surface area (Å²) < 4.78 is 16.8. The van der Waals surface area contributed by atoms with Crippen molar-refractivity contribution in [2.75, 3.05) is 34.4 Å². The van der Waals surface area contributed by atoms with Crippen LogP contribution in [0.15, 0.2) is 12.1 Å². The lowest BCUT2D eigenvalue weighted by Crippen LogP contribution is -2.56. The van der Waals surface area contributed by atoms with Crippen LogP contribution in [0.2, 0.25) is 0 Å². The molecular weight excluding hydrogens is 420 g/mol. The zero-order valence-corrected chi connectivity index (χ0v) is 20.4. The molecule has 1 amide bonds. The van der Waals surface area contributed by atoms with Crippen LogP contribution >= 0.6 is 0 Å². The molecule has 0 bridgehead atoms. The number of carbonyl (C=O) groups excluding carboxylic acids is 1. The summed E-state index contributed by atoms with van der Waals surface area (Å²) in [6, 6.07) is 4.17. The number of carbonyl (C=O) groups is 1. The van der Waals surface area contributed by atoms with Gasteiger partial charge in [-0.25, -0.2) is 0 Å². The molecule has 1 aliphatic heterocycles. The predicted molar refractivity (Wildman–Crippen MR) is 127 cm³/mol. The number of benzene rings is 1. The highest BCUT2D eigenvalue weighted by Gasteiger charge is 2.49. The average molecular weight is 461 g/mol. The summed E-state index contributed by atoms with van der Waals surface area (Å²) in [4.78, 5) is 15.3. The number of hydrogen-bond donors (Lipinski definition) is 2. The number of piperidine rings is 1. The second kappa shape index (κ2) is 10.5. The smallest absolute Gasteiger partial charge is 0.234 e. The quantitative estimate of drug-likeness (QED) is 0.644. The summed E-state index contributed by atoms with van der Waals surface area (Å²) in [5, 5.41) is 14.8. The molecule has 1 aromatic rings. The van der Waals surface area contributed by atoms with Crippen LogP contribution < -0.4 is 19.5 Å². The molecule has 4 rings (SSSR count). The van der Waals surface area contributed by atoms with E-state index in [1.807, 2.05) is 12.1 Å². The summed E-state index contributed by atoms with van der Waals surface area (Å²) in [5.41, 5.74) is 0.305. The van der Waals surface area contributed by atoms with Crippen molar-refractivity contribution < 1.29 is 24.1 Å². The van der Waals surface area contributed by atoms with Crippen LogP contribution in [0.1, 0.15) is 75.8 Å². The molecule has 3 aliphatic rings. The minimum atomic E-state index is -0.695. The Morgan fingerprint density at radius 3 is 2.30 bits per heavy atom. The first kappa shape index (κ1) is 24.1. The molecular formula is C26H40N2O5. The molecule has 1 saturated heterocycles. The normalized spacial score (nSPS) is 28.6. The number of nitrogens with zero attached hydrogens (tertiary/aromatic N) is 1. The first-order valence-corrected chi connectivity index (χ1v) is 12.5. The van der Waals surface area contributed by atoms with E-state index in [2.05, 4.69) is 10.2 Å². The Balaban J connectivity index is 1.64. The highest BCUT2D eigenvalue weighted by Crippen LogP contribution is 2.51. The minimum Gasteiger partial charge on any atom is -0.493 e. The number of rotatable bonds is 7. The second-order valence-electron chi connectivity index (χ2n) is 9.98. The molecule has 1 aromatic carbocycles. The van der Waals surface area contributed by atoms with E-state index in [-0.39, 0.29) is 17.9 Å². The zero-order valence-electron chi connectivity index (χ0n) is 20.4. The van der Waals surface area contributed by atoms with Gasteiger partial charge >= 0.3 is 0 Å². The topological polar surface area (TPSA) is 80.3 Å². The standard InChI is InChI=1S/C26H40N2O5/c1-31-21-15-18(16-22(32-2)25(21)33-3)24-20-11-7-8-12-26(20,30)13-14-28(24)17-23(29)27-19-9-5-4-6-10-19/h15-16,19-20,24,30H,4-14,17H2,1-3H3,(H,27,29)/t20-,24-,26-/m0/s1. The number of aliphatic hydroxyl groups is 1. The van der Waals surface area contributed by atoms with Crippen molar-refractivity contribution in [2.24, 2.45) is 5.92 Å². The van der Waals surface area contributed by atoms with E-state index in [4.69, 9.17) is 14.2 Å². The van der Waals surface area contributed by atoms with E-state index in [9.17, 15) is 9.90 Å². The Bertz CT molecular complexity index is 800. The van der Waals surface area contributed by atoms with Gasteiger partial charge in [0.15, 0.2) is 11.5 Å². The van der Waals surface area contributed by atoms with Gasteiger partial charge in [-0.2, -0.15) is 0 Å². The molecule has 7 nitrogen and oxygen atoms in total. The molecule has 2 aliphatic carbocycles. The van der Waals surface area contributed by atoms with E-state index in [1.54, 1.807) is 21.3 Å². The van der Waals surface area contributed by atoms with Crippen LogP contribution in [-0.4, -0.2) is 62.0 Å². The molecule has 0 unspecified atom stereocenters. The van der Waals surface area contributed by atoms with Gasteiger partial charge in [-0.15, -0.1) is 0 Å². The van der Waals surface area contributed by atoms with Gasteiger partial charge in [-0.05, 0) is 49.8 Å². The van der Waals surface area contributed by atoms with Gasteiger partial charge in [0.2, 0.25) is 11.7 Å². The third-order valence-corrected chi connectivity index (χ3v) is 8.02. The van der Waals surface area contributed by atoms with Gasteiger partial charge in [0, 0.05) is 24.5 Å². The zero-order chi connectivity index (χ0) is 23.4. The number of ether oxygens (including phenoxy) is 3. The van der Waals surface area contributed by atoms with Crippen LogP contribution in [0, 0.1) is 5.92 Å². The number of amides is 1. The molecule has 7 heteroatoms. The maximum absolute atomic E-state index is 13.1. The summed E-state index contributed by atoms with van der Waals surface area (Å²) in [7, 11) is 4.84. The van der Waals surface area contributed by atoms with Gasteiger partial charge in [0.25, 0.3) is 0 Å². The van der Waals surface area contributed by atoms with Crippen molar-refractivity contribution in [1.29, 1.82) is 0 Å². The third kappa shape index (κ3) is 5.09. The van der Waals surface area contributed by atoms with E-state index < -0.39 is 5.60 Å². The van der Waals surface area contributed by atoms with Crippen LogP contribution in [0.4, 0.5) is 0 Å². The highest BCUT2D eigenvalue weighted by molar-refractivity contribution is 5.78. The van der Waals surface area contributed by atoms with E-state index in [1.165, 1.54) is 19.3 Å². The third-order valence-electron chi connectivity index (χ3n) is 8.02. The largest absolute Gasteiger partial charge is 0.493 e. The van der Waals surface area contributed by atoms with Gasteiger partial charge in [-0.1, -0.05) is 32.1 Å². The average Bonchev–Trinajstić information content (AvgIpc) is 2.83. The lowest BCUT2D eigenvalue weighted by atomic mass is 9.66. The van der Waals surface area contributed by atoms with Crippen LogP contribution in [0.5, 0.6) is 17.2 Å². The Morgan fingerprint density at radius 2 is 1.67 bits per heavy atom. The predicted octanol–water partition coefficient (Wildman–Crippen LogP) is 3.83. The highest BCUT2D eigenvalue weighted by atomic mass is 16.5. The molecule has 0 radical (unpaired) electrons. The van der Waals surface area contributed by atoms with Crippen molar-refractivity contribution >= 4 is 5.91 Å². The number of fused-ring (bicyclic) bond motifs is 1. The fourth-order valence-corrected chi connectivity index (χ4v) is 6.34. The summed E-state index contributed by atoms with van der Waals surface area (Å²) >= 11 is 0. The summed E-state index contributed by atoms with van der Waals surface area (Å²) in [6.07, 6.45) is 10.4. The number of likely N-dealkylation sites (tertiary alicyclic amines) is 1. The minimum absolute atomic E-state index is 0.0605. The van der Waals surface area contributed by atoms with Crippen molar-refractivity contribution in [2.45, 2.75) is 81.9 Å². The molecule has 184 valence electrons. The Hall–Kier alpha value is -1.99. The lowest BCUT2D eigenvalue weighted by molar-refractivity contribution is -0.138. The second-order valence-corrected chi connectivity index (χ2v) is 9.98. The molecule has 2 saturated carbocycles. The Labute approximate surface area is 197 Å². The van der Waals surface area contributed by atoms with Gasteiger partial charge < -0.3 is 24.6 Å². The van der Waals surface area contributed by atoms with Crippen molar-refractivity contribution in [1.82, 2.24) is 10.2 Å². The fraction of sp³-hybridized carbons (Fsp3) is 0.731. The lowest BCUT2D eigenvalue weighted by Gasteiger charge is -2.52. The van der Waals surface area contributed by atoms with Crippen LogP contribution in [0.25, 0.3) is 0 Å². The van der Waals surface area contributed by atoms with Crippen molar-refractivity contribution in [3.05, 3.63) is 17.7 Å². The Morgan fingerprint density at radius 1 is 1.00 bits per heavy atom.